The highest BCUT2D eigenvalue weighted by Crippen LogP contribution is 2.36. The predicted octanol–water partition coefficient (Wildman–Crippen LogP) is 4.58. The number of hydrazine groups is 1. The second kappa shape index (κ2) is 10.3. The molecule has 2 aliphatic heterocycles. The Labute approximate surface area is 223 Å². The fourth-order valence-corrected chi connectivity index (χ4v) is 5.27. The number of carbonyl (C=O) groups excluding carboxylic acids is 1. The lowest BCUT2D eigenvalue weighted by Gasteiger charge is -2.30. The Kier molecular flexibility index (Phi) is 6.53. The minimum Gasteiger partial charge on any atom is -0.378 e. The Hall–Kier alpha value is -3.84. The number of morpholine rings is 1. The van der Waals surface area contributed by atoms with Crippen LogP contribution < -0.4 is 5.43 Å². The van der Waals surface area contributed by atoms with E-state index in [0.717, 1.165) is 37.9 Å². The van der Waals surface area contributed by atoms with Crippen LogP contribution in [0.5, 0.6) is 0 Å². The van der Waals surface area contributed by atoms with Crippen molar-refractivity contribution < 1.29 is 9.53 Å². The van der Waals surface area contributed by atoms with Crippen molar-refractivity contribution in [1.29, 1.82) is 0 Å². The molecule has 0 amide bonds. The third kappa shape index (κ3) is 4.67. The van der Waals surface area contributed by atoms with E-state index in [1.807, 2.05) is 41.8 Å². The number of hydrogen-bond acceptors (Lipinski definition) is 6. The molecule has 1 aromatic heterocycles. The first kappa shape index (κ1) is 23.6. The number of benzene rings is 3. The van der Waals surface area contributed by atoms with Crippen molar-refractivity contribution in [1.82, 2.24) is 24.9 Å². The Morgan fingerprint density at radius 3 is 2.57 bits per heavy atom. The molecule has 37 heavy (non-hydrogen) atoms. The lowest BCUT2D eigenvalue weighted by atomic mass is 10.0. The van der Waals surface area contributed by atoms with Gasteiger partial charge < -0.3 is 14.2 Å². The van der Waals surface area contributed by atoms with E-state index in [4.69, 9.17) is 4.74 Å². The average molecular weight is 556 g/mol. The van der Waals surface area contributed by atoms with Crippen LogP contribution in [0.3, 0.4) is 0 Å². The van der Waals surface area contributed by atoms with Crippen LogP contribution in [0.1, 0.15) is 16.8 Å². The van der Waals surface area contributed by atoms with Gasteiger partial charge in [0.25, 0.3) is 0 Å². The Morgan fingerprint density at radius 2 is 1.76 bits per heavy atom. The molecule has 0 bridgehead atoms. The van der Waals surface area contributed by atoms with Gasteiger partial charge in [0, 0.05) is 29.7 Å². The van der Waals surface area contributed by atoms with Gasteiger partial charge in [0.05, 0.1) is 49.4 Å². The molecule has 8 heteroatoms. The van der Waals surface area contributed by atoms with E-state index < -0.39 is 0 Å². The first-order valence-electron chi connectivity index (χ1n) is 12.3. The van der Waals surface area contributed by atoms with Gasteiger partial charge in [-0.2, -0.15) is 0 Å². The molecule has 186 valence electrons. The zero-order chi connectivity index (χ0) is 25.2. The monoisotopic (exact) mass is 555 g/mol. The maximum Gasteiger partial charge on any atom is 0.167 e. The van der Waals surface area contributed by atoms with Crippen molar-refractivity contribution in [3.63, 3.8) is 0 Å². The van der Waals surface area contributed by atoms with E-state index in [-0.39, 0.29) is 0 Å². The number of halogens is 1. The first-order chi connectivity index (χ1) is 18.2. The maximum absolute atomic E-state index is 12.5. The fraction of sp³-hybridized carbons (Fsp3) is 0.207. The summed E-state index contributed by atoms with van der Waals surface area (Å²) in [4.78, 5) is 19.1. The number of fused-ring (bicyclic) bond motifs is 1. The van der Waals surface area contributed by atoms with Crippen LogP contribution in [0.15, 0.2) is 95.1 Å². The van der Waals surface area contributed by atoms with Crippen molar-refractivity contribution >= 4 is 38.3 Å². The largest absolute Gasteiger partial charge is 0.378 e. The molecular formula is C29H26BrN5O2. The van der Waals surface area contributed by atoms with Crippen LogP contribution in [0.25, 0.3) is 16.5 Å². The fourth-order valence-electron chi connectivity index (χ4n) is 5.01. The summed E-state index contributed by atoms with van der Waals surface area (Å²) < 4.78 is 8.77. The van der Waals surface area contributed by atoms with Crippen LogP contribution in [-0.4, -0.2) is 51.7 Å². The standard InChI is InChI=1S/C29H26BrN5O2/c30-23-10-8-21(9-11-23)17-34-20-31-16-24(34)18-35-27(19-36)29(33-12-14-37-15-13-33)28(32-35)26-7-3-5-22-4-1-2-6-25(22)26/h1-11,16,20,32H,12-15,17-18H2. The minimum absolute atomic E-state index is 0.462. The molecule has 0 spiro atoms. The summed E-state index contributed by atoms with van der Waals surface area (Å²) in [5.74, 6) is 2.25. The highest BCUT2D eigenvalue weighted by Gasteiger charge is 2.34. The predicted molar refractivity (Wildman–Crippen MR) is 147 cm³/mol. The summed E-state index contributed by atoms with van der Waals surface area (Å²) in [6, 6.07) is 22.9. The summed E-state index contributed by atoms with van der Waals surface area (Å²) in [7, 11) is 0. The Balaban J connectivity index is 1.36. The molecule has 0 saturated carbocycles. The molecule has 3 aromatic carbocycles. The molecule has 7 nitrogen and oxygen atoms in total. The average Bonchev–Trinajstić information content (AvgIpc) is 3.54. The molecule has 2 aliphatic rings. The number of nitrogens with one attached hydrogen (secondary N) is 1. The van der Waals surface area contributed by atoms with Gasteiger partial charge in [-0.1, -0.05) is 70.5 Å². The molecule has 1 N–H and O–H groups in total. The summed E-state index contributed by atoms with van der Waals surface area (Å²) >= 11 is 3.50. The van der Waals surface area contributed by atoms with Gasteiger partial charge in [-0.15, -0.1) is 0 Å². The van der Waals surface area contributed by atoms with Gasteiger partial charge in [0.15, 0.2) is 11.6 Å². The van der Waals surface area contributed by atoms with E-state index in [2.05, 4.69) is 84.2 Å². The maximum atomic E-state index is 12.5. The summed E-state index contributed by atoms with van der Waals surface area (Å²) in [5.41, 5.74) is 9.07. The lowest BCUT2D eigenvalue weighted by Crippen LogP contribution is -2.37. The van der Waals surface area contributed by atoms with Crippen LogP contribution >= 0.6 is 15.9 Å². The number of imidazole rings is 1. The van der Waals surface area contributed by atoms with Crippen LogP contribution in [0.2, 0.25) is 0 Å². The molecule has 4 aromatic rings. The van der Waals surface area contributed by atoms with E-state index in [1.54, 1.807) is 0 Å². The third-order valence-corrected chi connectivity index (χ3v) is 7.37. The SMILES string of the molecule is O=C=C1C(N2CCOCC2)=C(c2cccc3ccccc23)NN1Cc1cncn1Cc1ccc(Br)cc1. The van der Waals surface area contributed by atoms with Gasteiger partial charge in [-0.25, -0.2) is 9.78 Å². The molecule has 0 radical (unpaired) electrons. The van der Waals surface area contributed by atoms with Crippen molar-refractivity contribution in [3.8, 4) is 0 Å². The van der Waals surface area contributed by atoms with Crippen LogP contribution in [0.4, 0.5) is 0 Å². The highest BCUT2D eigenvalue weighted by atomic mass is 79.9. The second-order valence-corrected chi connectivity index (χ2v) is 10.1. The lowest BCUT2D eigenvalue weighted by molar-refractivity contribution is 0.0543. The molecule has 6 rings (SSSR count). The second-order valence-electron chi connectivity index (χ2n) is 9.14. The van der Waals surface area contributed by atoms with E-state index in [9.17, 15) is 4.79 Å². The number of ether oxygens (including phenoxy) is 1. The Morgan fingerprint density at radius 1 is 0.973 bits per heavy atom. The number of hydrogen-bond donors (Lipinski definition) is 1. The molecule has 0 aliphatic carbocycles. The summed E-state index contributed by atoms with van der Waals surface area (Å²) in [6.45, 7) is 3.83. The van der Waals surface area contributed by atoms with Gasteiger partial charge in [0.1, 0.15) is 0 Å². The van der Waals surface area contributed by atoms with Gasteiger partial charge >= 0.3 is 0 Å². The minimum atomic E-state index is 0.462. The quantitative estimate of drug-likeness (QED) is 0.351. The molecule has 1 fully saturated rings. The smallest absolute Gasteiger partial charge is 0.167 e. The molecular weight excluding hydrogens is 530 g/mol. The van der Waals surface area contributed by atoms with E-state index in [0.29, 0.717) is 45.1 Å². The van der Waals surface area contributed by atoms with Gasteiger partial charge in [-0.05, 0) is 28.5 Å². The van der Waals surface area contributed by atoms with E-state index >= 15 is 0 Å². The normalized spacial score (nSPS) is 15.9. The van der Waals surface area contributed by atoms with Crippen molar-refractivity contribution in [2.24, 2.45) is 0 Å². The molecule has 3 heterocycles. The zero-order valence-corrected chi connectivity index (χ0v) is 21.8. The Bertz CT molecular complexity index is 1510. The topological polar surface area (TPSA) is 62.6 Å². The summed E-state index contributed by atoms with van der Waals surface area (Å²) in [6.07, 6.45) is 3.69. The first-order valence-corrected chi connectivity index (χ1v) is 13.1. The van der Waals surface area contributed by atoms with Gasteiger partial charge in [-0.3, -0.25) is 10.4 Å². The number of nitrogens with zero attached hydrogens (tertiary/aromatic N) is 4. The molecule has 0 atom stereocenters. The van der Waals surface area contributed by atoms with Crippen molar-refractivity contribution in [2.75, 3.05) is 26.3 Å². The summed E-state index contributed by atoms with van der Waals surface area (Å²) in [5, 5.41) is 4.17. The van der Waals surface area contributed by atoms with Crippen molar-refractivity contribution in [2.45, 2.75) is 13.1 Å². The zero-order valence-electron chi connectivity index (χ0n) is 20.2. The molecule has 1 saturated heterocycles. The van der Waals surface area contributed by atoms with Crippen LogP contribution in [0, 0.1) is 0 Å². The van der Waals surface area contributed by atoms with Crippen molar-refractivity contribution in [3.05, 3.63) is 112 Å². The third-order valence-electron chi connectivity index (χ3n) is 6.85. The number of aromatic nitrogens is 2. The van der Waals surface area contributed by atoms with Crippen LogP contribution in [-0.2, 0) is 22.6 Å². The van der Waals surface area contributed by atoms with E-state index in [1.165, 1.54) is 5.56 Å². The highest BCUT2D eigenvalue weighted by molar-refractivity contribution is 9.10. The number of rotatable bonds is 6. The van der Waals surface area contributed by atoms with Gasteiger partial charge in [0.2, 0.25) is 0 Å². The molecule has 0 unspecified atom stereocenters.